The van der Waals surface area contributed by atoms with E-state index >= 15 is 0 Å². The Morgan fingerprint density at radius 1 is 1.73 bits per heavy atom. The molecule has 1 amide bonds. The highest BCUT2D eigenvalue weighted by Crippen LogP contribution is 2.26. The van der Waals surface area contributed by atoms with Crippen molar-refractivity contribution in [1.82, 2.24) is 4.90 Å². The standard InChI is InChI=1S/C10H13NO2S2/c1-10(13)6-11(7-10)8(12)5-15-9-3-2-4-14-9/h2-4,13H,5-7H2,1H3. The van der Waals surface area contributed by atoms with E-state index in [1.807, 2.05) is 17.5 Å². The summed E-state index contributed by atoms with van der Waals surface area (Å²) in [6, 6.07) is 3.99. The Labute approximate surface area is 97.1 Å². The zero-order chi connectivity index (χ0) is 10.9. The maximum absolute atomic E-state index is 11.6. The van der Waals surface area contributed by atoms with E-state index in [0.29, 0.717) is 18.8 Å². The van der Waals surface area contributed by atoms with Gasteiger partial charge in [-0.1, -0.05) is 6.07 Å². The fraction of sp³-hybridized carbons (Fsp3) is 0.500. The minimum atomic E-state index is -0.663. The van der Waals surface area contributed by atoms with E-state index in [-0.39, 0.29) is 5.91 Å². The molecule has 1 N–H and O–H groups in total. The van der Waals surface area contributed by atoms with Crippen molar-refractivity contribution in [1.29, 1.82) is 0 Å². The molecular weight excluding hydrogens is 230 g/mol. The predicted molar refractivity (Wildman–Crippen MR) is 62.2 cm³/mol. The van der Waals surface area contributed by atoms with Crippen LogP contribution in [0, 0.1) is 0 Å². The van der Waals surface area contributed by atoms with Gasteiger partial charge in [0.15, 0.2) is 0 Å². The molecule has 3 nitrogen and oxygen atoms in total. The Balaban J connectivity index is 1.75. The van der Waals surface area contributed by atoms with Crippen molar-refractivity contribution in [2.24, 2.45) is 0 Å². The number of hydrogen-bond donors (Lipinski definition) is 1. The Hall–Kier alpha value is -0.520. The van der Waals surface area contributed by atoms with Crippen LogP contribution in [0.3, 0.4) is 0 Å². The summed E-state index contributed by atoms with van der Waals surface area (Å²) in [5.74, 6) is 0.580. The first-order chi connectivity index (χ1) is 7.07. The summed E-state index contributed by atoms with van der Waals surface area (Å²) in [6.45, 7) is 2.69. The molecule has 2 heterocycles. The molecule has 1 aromatic heterocycles. The fourth-order valence-electron chi connectivity index (χ4n) is 1.52. The van der Waals surface area contributed by atoms with Gasteiger partial charge in [0, 0.05) is 0 Å². The van der Waals surface area contributed by atoms with Gasteiger partial charge in [-0.05, 0) is 18.4 Å². The van der Waals surface area contributed by atoms with E-state index in [1.165, 1.54) is 0 Å². The van der Waals surface area contributed by atoms with Gasteiger partial charge in [0.1, 0.15) is 0 Å². The zero-order valence-electron chi connectivity index (χ0n) is 8.47. The second-order valence-electron chi connectivity index (χ2n) is 3.97. The van der Waals surface area contributed by atoms with Gasteiger partial charge in [-0.15, -0.1) is 23.1 Å². The van der Waals surface area contributed by atoms with E-state index < -0.39 is 5.60 Å². The number of rotatable bonds is 3. The molecule has 0 atom stereocenters. The molecule has 2 rings (SSSR count). The van der Waals surface area contributed by atoms with Gasteiger partial charge in [0.25, 0.3) is 0 Å². The molecule has 0 bridgehead atoms. The topological polar surface area (TPSA) is 40.5 Å². The van der Waals surface area contributed by atoms with Crippen molar-refractivity contribution in [3.8, 4) is 0 Å². The van der Waals surface area contributed by atoms with Gasteiger partial charge in [-0.3, -0.25) is 4.79 Å². The van der Waals surface area contributed by atoms with Gasteiger partial charge in [0.2, 0.25) is 5.91 Å². The first-order valence-corrected chi connectivity index (χ1v) is 6.60. The highest BCUT2D eigenvalue weighted by atomic mass is 32.2. The second-order valence-corrected chi connectivity index (χ2v) is 6.19. The monoisotopic (exact) mass is 243 g/mol. The summed E-state index contributed by atoms with van der Waals surface area (Å²) < 4.78 is 1.16. The minimum Gasteiger partial charge on any atom is -0.386 e. The molecule has 1 fully saturated rings. The lowest BCUT2D eigenvalue weighted by atomic mass is 9.97. The van der Waals surface area contributed by atoms with E-state index in [0.717, 1.165) is 4.21 Å². The lowest BCUT2D eigenvalue weighted by molar-refractivity contribution is -0.149. The summed E-state index contributed by atoms with van der Waals surface area (Å²) in [7, 11) is 0. The lowest BCUT2D eigenvalue weighted by Gasteiger charge is -2.44. The predicted octanol–water partition coefficient (Wildman–Crippen LogP) is 1.43. The van der Waals surface area contributed by atoms with Crippen LogP contribution >= 0.6 is 23.1 Å². The smallest absolute Gasteiger partial charge is 0.233 e. The molecule has 82 valence electrons. The molecule has 1 saturated heterocycles. The first kappa shape index (κ1) is 11.0. The number of thiophene rings is 1. The molecule has 0 unspecified atom stereocenters. The highest BCUT2D eigenvalue weighted by molar-refractivity contribution is 8.01. The van der Waals surface area contributed by atoms with Crippen LogP contribution < -0.4 is 0 Å². The van der Waals surface area contributed by atoms with Gasteiger partial charge >= 0.3 is 0 Å². The van der Waals surface area contributed by atoms with Crippen LogP contribution in [0.25, 0.3) is 0 Å². The highest BCUT2D eigenvalue weighted by Gasteiger charge is 2.38. The zero-order valence-corrected chi connectivity index (χ0v) is 10.1. The number of thioether (sulfide) groups is 1. The van der Waals surface area contributed by atoms with E-state index in [2.05, 4.69) is 0 Å². The van der Waals surface area contributed by atoms with E-state index in [1.54, 1.807) is 34.9 Å². The minimum absolute atomic E-state index is 0.111. The molecule has 0 aliphatic carbocycles. The van der Waals surface area contributed by atoms with Crippen molar-refractivity contribution in [3.05, 3.63) is 17.5 Å². The number of carbonyl (C=O) groups excluding carboxylic acids is 1. The second kappa shape index (κ2) is 4.15. The van der Waals surface area contributed by atoms with Crippen LogP contribution in [-0.4, -0.2) is 40.4 Å². The number of carbonyl (C=O) groups is 1. The van der Waals surface area contributed by atoms with Gasteiger partial charge in [-0.25, -0.2) is 0 Å². The van der Waals surface area contributed by atoms with Crippen LogP contribution in [0.1, 0.15) is 6.92 Å². The third kappa shape index (κ3) is 2.74. The van der Waals surface area contributed by atoms with Gasteiger partial charge in [0.05, 0.1) is 28.7 Å². The summed E-state index contributed by atoms with van der Waals surface area (Å²) in [4.78, 5) is 13.3. The van der Waals surface area contributed by atoms with Crippen LogP contribution in [0.2, 0.25) is 0 Å². The molecule has 1 aliphatic heterocycles. The van der Waals surface area contributed by atoms with Crippen LogP contribution in [-0.2, 0) is 4.79 Å². The maximum atomic E-state index is 11.6. The molecule has 0 radical (unpaired) electrons. The van der Waals surface area contributed by atoms with Crippen molar-refractivity contribution >= 4 is 29.0 Å². The SMILES string of the molecule is CC1(O)CN(C(=O)CSc2cccs2)C1. The Morgan fingerprint density at radius 2 is 2.47 bits per heavy atom. The van der Waals surface area contributed by atoms with Crippen LogP contribution in [0.4, 0.5) is 0 Å². The summed E-state index contributed by atoms with van der Waals surface area (Å²) in [6.07, 6.45) is 0. The largest absolute Gasteiger partial charge is 0.386 e. The molecule has 0 spiro atoms. The van der Waals surface area contributed by atoms with Crippen molar-refractivity contribution in [2.45, 2.75) is 16.7 Å². The van der Waals surface area contributed by atoms with Gasteiger partial charge < -0.3 is 10.0 Å². The lowest BCUT2D eigenvalue weighted by Crippen LogP contribution is -2.62. The maximum Gasteiger partial charge on any atom is 0.233 e. The summed E-state index contributed by atoms with van der Waals surface area (Å²) >= 11 is 3.20. The average Bonchev–Trinajstić information content (AvgIpc) is 2.62. The third-order valence-corrected chi connectivity index (χ3v) is 4.36. The Bertz CT molecular complexity index is 340. The van der Waals surface area contributed by atoms with Gasteiger partial charge in [-0.2, -0.15) is 0 Å². The number of hydrogen-bond acceptors (Lipinski definition) is 4. The van der Waals surface area contributed by atoms with Crippen LogP contribution in [0.15, 0.2) is 21.7 Å². The number of nitrogens with zero attached hydrogens (tertiary/aromatic N) is 1. The summed E-state index contributed by atoms with van der Waals surface area (Å²) in [5, 5.41) is 11.5. The quantitative estimate of drug-likeness (QED) is 0.817. The number of amides is 1. The van der Waals surface area contributed by atoms with E-state index in [4.69, 9.17) is 0 Å². The third-order valence-electron chi connectivity index (χ3n) is 2.25. The molecular formula is C10H13NO2S2. The molecule has 0 aromatic carbocycles. The molecule has 0 saturated carbocycles. The Kier molecular flexibility index (Phi) is 3.04. The van der Waals surface area contributed by atoms with Crippen molar-refractivity contribution in [3.63, 3.8) is 0 Å². The molecule has 1 aromatic rings. The Morgan fingerprint density at radius 3 is 3.00 bits per heavy atom. The normalized spacial score (nSPS) is 18.7. The number of β-amino-alcohol motifs (C(OH)–C–C–N with tert-alkyl or cyclic N) is 1. The number of aliphatic hydroxyl groups is 1. The number of likely N-dealkylation sites (tertiary alicyclic amines) is 1. The van der Waals surface area contributed by atoms with Crippen molar-refractivity contribution < 1.29 is 9.90 Å². The molecule has 15 heavy (non-hydrogen) atoms. The average molecular weight is 243 g/mol. The fourth-order valence-corrected chi connectivity index (χ4v) is 3.21. The summed E-state index contributed by atoms with van der Waals surface area (Å²) in [5.41, 5.74) is -0.663. The van der Waals surface area contributed by atoms with E-state index in [9.17, 15) is 9.90 Å². The molecule has 1 aliphatic rings. The first-order valence-electron chi connectivity index (χ1n) is 4.73. The van der Waals surface area contributed by atoms with Crippen LogP contribution in [0.5, 0.6) is 0 Å². The molecule has 5 heteroatoms. The van der Waals surface area contributed by atoms with Crippen molar-refractivity contribution in [2.75, 3.05) is 18.8 Å².